The molecule has 0 radical (unpaired) electrons. The zero-order valence-electron chi connectivity index (χ0n) is 30.2. The number of esters is 1. The van der Waals surface area contributed by atoms with E-state index >= 15 is 0 Å². The molecule has 2 saturated carbocycles. The summed E-state index contributed by atoms with van der Waals surface area (Å²) in [4.78, 5) is 25.1. The molecule has 2 aromatic carbocycles. The number of benzene rings is 2. The second-order valence-electron chi connectivity index (χ2n) is 13.9. The first-order valence-corrected chi connectivity index (χ1v) is 20.0. The Kier molecular flexibility index (Phi) is 21.1. The van der Waals surface area contributed by atoms with Crippen LogP contribution in [0, 0.1) is 24.7 Å². The molecule has 0 aromatic heterocycles. The van der Waals surface area contributed by atoms with Crippen molar-refractivity contribution in [2.24, 2.45) is 16.6 Å². The number of amides is 1. The summed E-state index contributed by atoms with van der Waals surface area (Å²) >= 11 is 3.79. The van der Waals surface area contributed by atoms with Crippen molar-refractivity contribution in [1.82, 2.24) is 5.32 Å². The predicted octanol–water partition coefficient (Wildman–Crippen LogP) is 9.14. The summed E-state index contributed by atoms with van der Waals surface area (Å²) in [7, 11) is 1.37. The van der Waals surface area contributed by atoms with Crippen LogP contribution in [0.2, 0.25) is 0 Å². The summed E-state index contributed by atoms with van der Waals surface area (Å²) in [5, 5.41) is 2.98. The van der Waals surface area contributed by atoms with Crippen LogP contribution in [0.4, 0.5) is 0 Å². The van der Waals surface area contributed by atoms with Gasteiger partial charge in [-0.2, -0.15) is 23.5 Å². The van der Waals surface area contributed by atoms with E-state index in [0.29, 0.717) is 6.42 Å². The Morgan fingerprint density at radius 2 is 1.30 bits per heavy atom. The van der Waals surface area contributed by atoms with E-state index in [0.717, 1.165) is 55.3 Å². The van der Waals surface area contributed by atoms with Gasteiger partial charge >= 0.3 is 5.97 Å². The van der Waals surface area contributed by atoms with E-state index < -0.39 is 6.04 Å². The lowest BCUT2D eigenvalue weighted by atomic mass is 9.65. The van der Waals surface area contributed by atoms with E-state index in [2.05, 4.69) is 55.9 Å². The van der Waals surface area contributed by atoms with Crippen LogP contribution in [0.15, 0.2) is 48.5 Å². The average Bonchev–Trinajstić information content (AvgIpc) is 2.99. The van der Waals surface area contributed by atoms with Crippen LogP contribution >= 0.6 is 35.9 Å². The molecule has 4 rings (SSSR count). The van der Waals surface area contributed by atoms with Crippen molar-refractivity contribution in [1.29, 1.82) is 0 Å². The van der Waals surface area contributed by atoms with Crippen molar-refractivity contribution in [2.45, 2.75) is 117 Å². The average molecular weight is 708 g/mol. The normalized spacial score (nSPS) is 16.6. The van der Waals surface area contributed by atoms with Crippen LogP contribution in [-0.2, 0) is 27.2 Å². The van der Waals surface area contributed by atoms with Crippen LogP contribution in [0.25, 0.3) is 0 Å². The fraction of sp³-hybridized carbons (Fsp3) is 0.641. The zero-order chi connectivity index (χ0) is 34.0. The third-order valence-electron chi connectivity index (χ3n) is 9.52. The molecule has 2 atom stereocenters. The van der Waals surface area contributed by atoms with Crippen molar-refractivity contribution in [3.8, 4) is 0 Å². The second kappa shape index (κ2) is 22.9. The van der Waals surface area contributed by atoms with Gasteiger partial charge in [-0.15, -0.1) is 12.4 Å². The summed E-state index contributed by atoms with van der Waals surface area (Å²) in [5.74, 6) is 2.06. The molecule has 1 amide bonds. The molecule has 47 heavy (non-hydrogen) atoms. The molecular weight excluding hydrogens is 644 g/mol. The molecule has 0 saturated heterocycles. The summed E-state index contributed by atoms with van der Waals surface area (Å²) in [6, 6.07) is 16.2. The van der Waals surface area contributed by atoms with Crippen molar-refractivity contribution in [3.05, 3.63) is 70.8 Å². The van der Waals surface area contributed by atoms with Crippen LogP contribution in [-0.4, -0.2) is 55.1 Å². The van der Waals surface area contributed by atoms with Gasteiger partial charge in [0, 0.05) is 17.9 Å². The van der Waals surface area contributed by atoms with Gasteiger partial charge in [-0.3, -0.25) is 4.79 Å². The molecular formula is C39H63ClN2O3S2. The Hall–Kier alpha value is -1.67. The maximum absolute atomic E-state index is 12.9. The number of hydrogen-bond acceptors (Lipinski definition) is 6. The fourth-order valence-electron chi connectivity index (χ4n) is 6.13. The van der Waals surface area contributed by atoms with Crippen LogP contribution in [0.1, 0.15) is 100 Å². The first-order chi connectivity index (χ1) is 22.0. The summed E-state index contributed by atoms with van der Waals surface area (Å²) in [6.45, 7) is 8.59. The van der Waals surface area contributed by atoms with Gasteiger partial charge in [-0.05, 0) is 119 Å². The monoisotopic (exact) mass is 706 g/mol. The number of aryl methyl sites for hydroxylation is 2. The Bertz CT molecular complexity index is 1150. The highest BCUT2D eigenvalue weighted by Gasteiger charge is 2.44. The van der Waals surface area contributed by atoms with Gasteiger partial charge in [-0.1, -0.05) is 79.4 Å². The first kappa shape index (κ1) is 43.4. The highest BCUT2D eigenvalue weighted by Crippen LogP contribution is 2.45. The summed E-state index contributed by atoms with van der Waals surface area (Å²) in [6.07, 6.45) is 17.9. The number of thioether (sulfide) groups is 2. The Morgan fingerprint density at radius 3 is 1.68 bits per heavy atom. The second-order valence-corrected chi connectivity index (χ2v) is 15.9. The maximum atomic E-state index is 12.9. The molecule has 2 fully saturated rings. The quantitative estimate of drug-likeness (QED) is 0.142. The smallest absolute Gasteiger partial charge is 0.328 e. The molecule has 266 valence electrons. The van der Waals surface area contributed by atoms with Crippen molar-refractivity contribution < 1.29 is 14.3 Å². The van der Waals surface area contributed by atoms with E-state index in [1.807, 2.05) is 61.6 Å². The molecule has 2 aliphatic rings. The van der Waals surface area contributed by atoms with Gasteiger partial charge in [0.15, 0.2) is 0 Å². The lowest BCUT2D eigenvalue weighted by Gasteiger charge is -2.41. The number of carbonyl (C=O) groups excluding carboxylic acids is 2. The largest absolute Gasteiger partial charge is 0.467 e. The van der Waals surface area contributed by atoms with E-state index in [1.54, 1.807) is 0 Å². The zero-order valence-corrected chi connectivity index (χ0v) is 32.6. The van der Waals surface area contributed by atoms with Gasteiger partial charge in [-0.25, -0.2) is 4.79 Å². The Labute approximate surface area is 301 Å². The Morgan fingerprint density at radius 1 is 0.830 bits per heavy atom. The highest BCUT2D eigenvalue weighted by atomic mass is 35.5. The number of carbonyl (C=O) groups is 2. The molecule has 0 bridgehead atoms. The molecule has 2 unspecified atom stereocenters. The summed E-state index contributed by atoms with van der Waals surface area (Å²) in [5.41, 5.74) is 11.0. The molecule has 0 aliphatic heterocycles. The fourth-order valence-corrected chi connectivity index (χ4v) is 6.99. The van der Waals surface area contributed by atoms with Gasteiger partial charge < -0.3 is 15.8 Å². The number of hydrogen-bond donors (Lipinski definition) is 2. The van der Waals surface area contributed by atoms with Crippen LogP contribution in [0.3, 0.4) is 0 Å². The number of ether oxygens (including phenoxy) is 1. The van der Waals surface area contributed by atoms with Gasteiger partial charge in [0.05, 0.1) is 7.11 Å². The first-order valence-electron chi connectivity index (χ1n) is 17.2. The predicted molar refractivity (Wildman–Crippen MR) is 208 cm³/mol. The molecule has 2 aliphatic carbocycles. The van der Waals surface area contributed by atoms with E-state index in [4.69, 9.17) is 10.5 Å². The standard InChI is InChI=1S/C20H29NO3S.C10H15N.C9H18S.ClH/c1-15-6-8-16(9-7-15)14-17(18(22)24-2)21-19(23)20(10-4-11-20)12-5-13-25-3;1-8-3-5-10(6-4-8)7-9(2)11;1-9(5-3-6-9)7-4-8-10-2;/h6-9,17H,4-5,10-14H2,1-3H3,(H,21,23);3-6,9H,7,11H2,1-2H3;3-8H2,1-2H3;1H. The van der Waals surface area contributed by atoms with E-state index in [1.165, 1.54) is 61.7 Å². The van der Waals surface area contributed by atoms with Gasteiger partial charge in [0.2, 0.25) is 5.91 Å². The SMILES string of the molecule is COC(=O)C(Cc1ccc(C)cc1)NC(=O)C1(CCCSC)CCC1.CSCCCC1(C)CCC1.Cc1ccc(CC(C)N)cc1.Cl. The van der Waals surface area contributed by atoms with E-state index in [-0.39, 0.29) is 35.7 Å². The lowest BCUT2D eigenvalue weighted by Crippen LogP contribution is -2.52. The van der Waals surface area contributed by atoms with E-state index in [9.17, 15) is 9.59 Å². The van der Waals surface area contributed by atoms with Crippen LogP contribution in [0.5, 0.6) is 0 Å². The Balaban J connectivity index is 0.000000413. The van der Waals surface area contributed by atoms with Crippen molar-refractivity contribution >= 4 is 47.8 Å². The minimum absolute atomic E-state index is 0. The lowest BCUT2D eigenvalue weighted by molar-refractivity contribution is -0.148. The van der Waals surface area contributed by atoms with Crippen molar-refractivity contribution in [3.63, 3.8) is 0 Å². The summed E-state index contributed by atoms with van der Waals surface area (Å²) < 4.78 is 4.92. The minimum atomic E-state index is -0.627. The number of halogens is 1. The van der Waals surface area contributed by atoms with Gasteiger partial charge in [0.25, 0.3) is 0 Å². The molecule has 2 aromatic rings. The number of nitrogens with two attached hydrogens (primary N) is 1. The third-order valence-corrected chi connectivity index (χ3v) is 10.9. The number of methoxy groups -OCH3 is 1. The third kappa shape index (κ3) is 16.1. The maximum Gasteiger partial charge on any atom is 0.328 e. The molecule has 0 spiro atoms. The van der Waals surface area contributed by atoms with Crippen LogP contribution < -0.4 is 11.1 Å². The highest BCUT2D eigenvalue weighted by molar-refractivity contribution is 7.98. The number of nitrogens with one attached hydrogen (secondary N) is 1. The topological polar surface area (TPSA) is 81.4 Å². The molecule has 3 N–H and O–H groups in total. The molecule has 0 heterocycles. The minimum Gasteiger partial charge on any atom is -0.467 e. The number of rotatable bonds is 15. The van der Waals surface area contributed by atoms with Gasteiger partial charge in [0.1, 0.15) is 6.04 Å². The molecule has 8 heteroatoms. The molecule has 5 nitrogen and oxygen atoms in total. The van der Waals surface area contributed by atoms with Crippen molar-refractivity contribution in [2.75, 3.05) is 31.1 Å².